The van der Waals surface area contributed by atoms with Crippen molar-refractivity contribution in [3.8, 4) is 0 Å². The highest BCUT2D eigenvalue weighted by atomic mass is 32.2. The van der Waals surface area contributed by atoms with Gasteiger partial charge < -0.3 is 14.0 Å². The monoisotopic (exact) mass is 382 g/mol. The van der Waals surface area contributed by atoms with E-state index < -0.39 is 7.32 Å². The van der Waals surface area contributed by atoms with Crippen molar-refractivity contribution in [2.75, 3.05) is 5.75 Å². The number of thioether (sulfide) groups is 1. The molecule has 0 saturated carbocycles. The lowest BCUT2D eigenvalue weighted by atomic mass is 10.1. The Labute approximate surface area is 159 Å². The zero-order chi connectivity index (χ0) is 17.5. The number of hydrogen-bond acceptors (Lipinski definition) is 6. The van der Waals surface area contributed by atoms with Crippen molar-refractivity contribution in [1.82, 2.24) is 0 Å². The second kappa shape index (κ2) is 16.5. The molecule has 0 radical (unpaired) electrons. The molecule has 0 bridgehead atoms. The summed E-state index contributed by atoms with van der Waals surface area (Å²) in [6.45, 7) is 7.96. The van der Waals surface area contributed by atoms with Crippen molar-refractivity contribution in [1.29, 1.82) is 0 Å². The summed E-state index contributed by atoms with van der Waals surface area (Å²) in [5.41, 5.74) is -0.447. The van der Waals surface area contributed by atoms with Crippen LogP contribution in [-0.2, 0) is 14.0 Å². The van der Waals surface area contributed by atoms with Crippen molar-refractivity contribution in [2.24, 2.45) is 0 Å². The summed E-state index contributed by atoms with van der Waals surface area (Å²) < 4.78 is 16.7. The molecule has 0 heterocycles. The highest BCUT2D eigenvalue weighted by molar-refractivity contribution is 7.99. The van der Waals surface area contributed by atoms with Gasteiger partial charge in [-0.15, -0.1) is 37.0 Å². The van der Waals surface area contributed by atoms with Crippen LogP contribution in [0.25, 0.3) is 0 Å². The van der Waals surface area contributed by atoms with Gasteiger partial charge in [0.05, 0.1) is 16.3 Å². The Morgan fingerprint density at radius 2 is 1.26 bits per heavy atom. The van der Waals surface area contributed by atoms with Gasteiger partial charge in [0, 0.05) is 0 Å². The van der Waals surface area contributed by atoms with E-state index in [1.54, 1.807) is 11.8 Å². The first-order valence-corrected chi connectivity index (χ1v) is 11.0. The molecule has 3 nitrogen and oxygen atoms in total. The Balaban J connectivity index is 3.64. The fourth-order valence-electron chi connectivity index (χ4n) is 2.10. The van der Waals surface area contributed by atoms with Gasteiger partial charge in [0.2, 0.25) is 0 Å². The minimum absolute atomic E-state index is 0.0312. The lowest BCUT2D eigenvalue weighted by molar-refractivity contribution is 0.0819. The Hall–Kier alpha value is 0.995. The third-order valence-corrected chi connectivity index (χ3v) is 4.62. The molecule has 0 rings (SSSR count). The van der Waals surface area contributed by atoms with Gasteiger partial charge in [-0.25, -0.2) is 0 Å². The fourth-order valence-corrected chi connectivity index (χ4v) is 3.17. The maximum Gasteiger partial charge on any atom is 0.641 e. The first-order valence-electron chi connectivity index (χ1n) is 8.89. The molecule has 138 valence electrons. The summed E-state index contributed by atoms with van der Waals surface area (Å²) in [5.74, 6) is 1.11. The van der Waals surface area contributed by atoms with Crippen LogP contribution in [0, 0.1) is 0 Å². The minimum Gasteiger partial charge on any atom is -0.374 e. The standard InChI is InChI=1S/C16H35BO3S3/c1-5-6-7-8-9-10-11-12-13-23-16(4)20-17(18-14(2)21)19-15(3)22/h14-16,21-22H,5-13H2,1-4H3. The summed E-state index contributed by atoms with van der Waals surface area (Å²) in [6.07, 6.45) is 10.8. The Kier molecular flexibility index (Phi) is 17.2. The molecule has 23 heavy (non-hydrogen) atoms. The Morgan fingerprint density at radius 3 is 1.74 bits per heavy atom. The van der Waals surface area contributed by atoms with Gasteiger partial charge in [-0.2, -0.15) is 0 Å². The molecule has 0 aromatic carbocycles. The smallest absolute Gasteiger partial charge is 0.374 e. The van der Waals surface area contributed by atoms with Crippen LogP contribution in [0.4, 0.5) is 0 Å². The largest absolute Gasteiger partial charge is 0.641 e. The zero-order valence-electron chi connectivity index (χ0n) is 15.2. The van der Waals surface area contributed by atoms with Gasteiger partial charge in [0.25, 0.3) is 0 Å². The van der Waals surface area contributed by atoms with E-state index >= 15 is 0 Å². The van der Waals surface area contributed by atoms with E-state index in [1.165, 1.54) is 51.4 Å². The van der Waals surface area contributed by atoms with Gasteiger partial charge in [-0.1, -0.05) is 51.9 Å². The average Bonchev–Trinajstić information content (AvgIpc) is 2.44. The minimum atomic E-state index is -0.712. The summed E-state index contributed by atoms with van der Waals surface area (Å²) >= 11 is 10.2. The van der Waals surface area contributed by atoms with E-state index in [0.29, 0.717) is 0 Å². The molecule has 0 fully saturated rings. The van der Waals surface area contributed by atoms with Crippen LogP contribution in [0.2, 0.25) is 0 Å². The van der Waals surface area contributed by atoms with E-state index in [0.717, 1.165) is 5.75 Å². The number of rotatable bonds is 16. The first-order chi connectivity index (χ1) is 11.0. The quantitative estimate of drug-likeness (QED) is 0.153. The van der Waals surface area contributed by atoms with Crippen LogP contribution in [-0.4, -0.2) is 29.4 Å². The van der Waals surface area contributed by atoms with Crippen molar-refractivity contribution in [3.05, 3.63) is 0 Å². The zero-order valence-corrected chi connectivity index (χ0v) is 17.8. The molecule has 0 saturated heterocycles. The normalized spacial score (nSPS) is 15.4. The SMILES string of the molecule is CCCCCCCCCCSC(C)OB(OC(C)S)OC(C)S. The number of thiol groups is 2. The lowest BCUT2D eigenvalue weighted by Crippen LogP contribution is -2.34. The Bertz CT molecular complexity index is 249. The van der Waals surface area contributed by atoms with Gasteiger partial charge in [-0.3, -0.25) is 0 Å². The van der Waals surface area contributed by atoms with E-state index in [1.807, 2.05) is 20.8 Å². The molecule has 3 unspecified atom stereocenters. The molecule has 0 amide bonds. The summed E-state index contributed by atoms with van der Waals surface area (Å²) in [5, 5.41) is 0. The van der Waals surface area contributed by atoms with E-state index in [4.69, 9.17) is 14.0 Å². The molecule has 0 aliphatic carbocycles. The molecule has 0 spiro atoms. The molecule has 0 aromatic rings. The van der Waals surface area contributed by atoms with E-state index in [2.05, 4.69) is 32.2 Å². The molecular formula is C16H35BO3S3. The number of hydrogen-bond donors (Lipinski definition) is 2. The lowest BCUT2D eigenvalue weighted by Gasteiger charge is -2.21. The van der Waals surface area contributed by atoms with Gasteiger partial charge in [-0.05, 0) is 32.9 Å². The first kappa shape index (κ1) is 24.0. The van der Waals surface area contributed by atoms with E-state index in [9.17, 15) is 0 Å². The van der Waals surface area contributed by atoms with Crippen molar-refractivity contribution in [2.45, 2.75) is 95.4 Å². The second-order valence-electron chi connectivity index (χ2n) is 5.81. The highest BCUT2D eigenvalue weighted by Gasteiger charge is 2.27. The van der Waals surface area contributed by atoms with Crippen LogP contribution in [0.1, 0.15) is 79.1 Å². The molecule has 0 aliphatic heterocycles. The molecule has 7 heteroatoms. The maximum atomic E-state index is 5.76. The summed E-state index contributed by atoms with van der Waals surface area (Å²) in [6, 6.07) is 0. The third kappa shape index (κ3) is 17.6. The molecule has 3 atom stereocenters. The van der Waals surface area contributed by atoms with Crippen LogP contribution >= 0.6 is 37.0 Å². The highest BCUT2D eigenvalue weighted by Crippen LogP contribution is 2.18. The molecule has 0 aliphatic rings. The third-order valence-electron chi connectivity index (χ3n) is 3.27. The molecular weight excluding hydrogens is 347 g/mol. The van der Waals surface area contributed by atoms with Crippen LogP contribution < -0.4 is 0 Å². The predicted molar refractivity (Wildman–Crippen MR) is 110 cm³/mol. The summed E-state index contributed by atoms with van der Waals surface area (Å²) in [4.78, 5) is 0. The fraction of sp³-hybridized carbons (Fsp3) is 1.00. The van der Waals surface area contributed by atoms with Crippen molar-refractivity contribution in [3.63, 3.8) is 0 Å². The van der Waals surface area contributed by atoms with Gasteiger partial charge >= 0.3 is 7.32 Å². The second-order valence-corrected chi connectivity index (χ2v) is 8.67. The molecule has 0 aromatic heterocycles. The average molecular weight is 382 g/mol. The summed E-state index contributed by atoms with van der Waals surface area (Å²) in [7, 11) is -0.712. The molecule has 0 N–H and O–H groups in total. The van der Waals surface area contributed by atoms with Gasteiger partial charge in [0.15, 0.2) is 0 Å². The Morgan fingerprint density at radius 1 is 0.783 bits per heavy atom. The maximum absolute atomic E-state index is 5.76. The van der Waals surface area contributed by atoms with Crippen LogP contribution in [0.15, 0.2) is 0 Å². The van der Waals surface area contributed by atoms with E-state index in [-0.39, 0.29) is 16.3 Å². The van der Waals surface area contributed by atoms with Crippen LogP contribution in [0.5, 0.6) is 0 Å². The van der Waals surface area contributed by atoms with Crippen molar-refractivity contribution >= 4 is 44.3 Å². The van der Waals surface area contributed by atoms with Crippen LogP contribution in [0.3, 0.4) is 0 Å². The van der Waals surface area contributed by atoms with Crippen molar-refractivity contribution < 1.29 is 14.0 Å². The van der Waals surface area contributed by atoms with Gasteiger partial charge in [0.1, 0.15) is 0 Å². The number of unbranched alkanes of at least 4 members (excludes halogenated alkanes) is 7. The predicted octanol–water partition coefficient (Wildman–Crippen LogP) is 5.79. The topological polar surface area (TPSA) is 27.7 Å².